The molecular weight excluding hydrogens is 348 g/mol. The number of halogens is 1. The van der Waals surface area contributed by atoms with Gasteiger partial charge in [0.25, 0.3) is 0 Å². The van der Waals surface area contributed by atoms with Gasteiger partial charge in [0.05, 0.1) is 5.52 Å². The number of rotatable bonds is 3. The molecule has 1 saturated carbocycles. The number of pyridine rings is 1. The molecule has 0 unspecified atom stereocenters. The van der Waals surface area contributed by atoms with Gasteiger partial charge in [-0.25, -0.2) is 13.4 Å². The standard InChI is InChI=1S/C17H19ClN2O3S/c1-11-5-7-13(18)12-6-8-14(19-15(11)12)20-16(21)17(24(2,22)23)9-3-4-10-17/h5-8H,3-4,9-10H2,1-2H3,(H,19,20,21). The fourth-order valence-electron chi connectivity index (χ4n) is 3.33. The van der Waals surface area contributed by atoms with E-state index >= 15 is 0 Å². The third kappa shape index (κ3) is 2.78. The Bertz CT molecular complexity index is 919. The number of sulfone groups is 1. The smallest absolute Gasteiger partial charge is 0.246 e. The van der Waals surface area contributed by atoms with Crippen LogP contribution in [0, 0.1) is 6.92 Å². The molecule has 7 heteroatoms. The van der Waals surface area contributed by atoms with Crippen LogP contribution in [-0.2, 0) is 14.6 Å². The van der Waals surface area contributed by atoms with Crippen molar-refractivity contribution in [2.75, 3.05) is 11.6 Å². The largest absolute Gasteiger partial charge is 0.309 e. The van der Waals surface area contributed by atoms with Crippen molar-refractivity contribution in [3.8, 4) is 0 Å². The highest BCUT2D eigenvalue weighted by molar-refractivity contribution is 7.92. The molecule has 0 spiro atoms. The second kappa shape index (κ2) is 6.01. The lowest BCUT2D eigenvalue weighted by molar-refractivity contribution is -0.118. The molecule has 1 aromatic heterocycles. The summed E-state index contributed by atoms with van der Waals surface area (Å²) in [7, 11) is -3.50. The maximum atomic E-state index is 12.7. The number of nitrogens with zero attached hydrogens (tertiary/aromatic N) is 1. The number of carbonyl (C=O) groups excluding carboxylic acids is 1. The Kier molecular flexibility index (Phi) is 4.30. The Balaban J connectivity index is 1.98. The number of fused-ring (bicyclic) bond motifs is 1. The van der Waals surface area contributed by atoms with Gasteiger partial charge in [-0.3, -0.25) is 4.79 Å². The van der Waals surface area contributed by atoms with Crippen LogP contribution in [0.15, 0.2) is 24.3 Å². The van der Waals surface area contributed by atoms with Crippen LogP contribution in [-0.4, -0.2) is 30.3 Å². The van der Waals surface area contributed by atoms with Crippen molar-refractivity contribution in [3.63, 3.8) is 0 Å². The molecule has 5 nitrogen and oxygen atoms in total. The van der Waals surface area contributed by atoms with Gasteiger partial charge >= 0.3 is 0 Å². The first-order valence-electron chi connectivity index (χ1n) is 7.81. The molecule has 1 aliphatic carbocycles. The lowest BCUT2D eigenvalue weighted by Gasteiger charge is -2.25. The number of nitrogens with one attached hydrogen (secondary N) is 1. The van der Waals surface area contributed by atoms with Crippen molar-refractivity contribution < 1.29 is 13.2 Å². The van der Waals surface area contributed by atoms with Crippen molar-refractivity contribution in [1.29, 1.82) is 0 Å². The van der Waals surface area contributed by atoms with Crippen LogP contribution in [0.25, 0.3) is 10.9 Å². The lowest BCUT2D eigenvalue weighted by Crippen LogP contribution is -2.47. The first kappa shape index (κ1) is 17.2. The van der Waals surface area contributed by atoms with Crippen LogP contribution in [0.5, 0.6) is 0 Å². The molecule has 1 N–H and O–H groups in total. The van der Waals surface area contributed by atoms with E-state index in [-0.39, 0.29) is 0 Å². The fourth-order valence-corrected chi connectivity index (χ4v) is 4.97. The van der Waals surface area contributed by atoms with Crippen LogP contribution in [0.2, 0.25) is 5.02 Å². The van der Waals surface area contributed by atoms with Crippen molar-refractivity contribution >= 4 is 44.1 Å². The number of hydrogen-bond donors (Lipinski definition) is 1. The number of hydrogen-bond acceptors (Lipinski definition) is 4. The average Bonchev–Trinajstić information content (AvgIpc) is 3.02. The van der Waals surface area contributed by atoms with E-state index in [0.29, 0.717) is 29.2 Å². The molecule has 128 valence electrons. The molecule has 2 aromatic rings. The van der Waals surface area contributed by atoms with Gasteiger partial charge in [0.2, 0.25) is 5.91 Å². The minimum absolute atomic E-state index is 0.341. The van der Waals surface area contributed by atoms with Crippen LogP contribution in [0.1, 0.15) is 31.2 Å². The second-order valence-corrected chi connectivity index (χ2v) is 9.12. The Labute approximate surface area is 146 Å². The van der Waals surface area contributed by atoms with E-state index in [4.69, 9.17) is 11.6 Å². The molecular formula is C17H19ClN2O3S. The molecule has 0 aliphatic heterocycles. The van der Waals surface area contributed by atoms with E-state index < -0.39 is 20.5 Å². The van der Waals surface area contributed by atoms with Crippen LogP contribution < -0.4 is 5.32 Å². The molecule has 0 bridgehead atoms. The van der Waals surface area contributed by atoms with Crippen LogP contribution in [0.3, 0.4) is 0 Å². The summed E-state index contributed by atoms with van der Waals surface area (Å²) in [5.74, 6) is -0.151. The summed E-state index contributed by atoms with van der Waals surface area (Å²) in [6.07, 6.45) is 3.32. The first-order chi connectivity index (χ1) is 11.2. The van der Waals surface area contributed by atoms with Crippen molar-refractivity contribution in [2.24, 2.45) is 0 Å². The topological polar surface area (TPSA) is 76.1 Å². The maximum Gasteiger partial charge on any atom is 0.246 e. The van der Waals surface area contributed by atoms with Gasteiger partial charge in [-0.05, 0) is 43.5 Å². The molecule has 1 heterocycles. The van der Waals surface area contributed by atoms with Gasteiger partial charge in [0, 0.05) is 16.7 Å². The number of aromatic nitrogens is 1. The summed E-state index contributed by atoms with van der Waals surface area (Å²) < 4.78 is 23.1. The molecule has 1 fully saturated rings. The van der Waals surface area contributed by atoms with E-state index in [0.717, 1.165) is 30.0 Å². The van der Waals surface area contributed by atoms with E-state index in [1.807, 2.05) is 13.0 Å². The number of benzene rings is 1. The predicted octanol–water partition coefficient (Wildman–Crippen LogP) is 3.49. The SMILES string of the molecule is Cc1ccc(Cl)c2ccc(NC(=O)C3(S(C)(=O)=O)CCCC3)nc12. The maximum absolute atomic E-state index is 12.7. The third-order valence-electron chi connectivity index (χ3n) is 4.78. The number of anilines is 1. The first-order valence-corrected chi connectivity index (χ1v) is 10.1. The van der Waals surface area contributed by atoms with Gasteiger partial charge in [0.1, 0.15) is 5.82 Å². The molecule has 0 radical (unpaired) electrons. The predicted molar refractivity (Wildman–Crippen MR) is 96.2 cm³/mol. The van der Waals surface area contributed by atoms with Crippen molar-refractivity contribution in [2.45, 2.75) is 37.4 Å². The zero-order valence-corrected chi connectivity index (χ0v) is 15.2. The number of aryl methyl sites for hydroxylation is 1. The highest BCUT2D eigenvalue weighted by atomic mass is 35.5. The summed E-state index contributed by atoms with van der Waals surface area (Å²) in [4.78, 5) is 17.2. The highest BCUT2D eigenvalue weighted by Crippen LogP contribution is 2.37. The molecule has 1 aliphatic rings. The minimum atomic E-state index is -3.50. The number of carbonyl (C=O) groups is 1. The van der Waals surface area contributed by atoms with E-state index in [1.54, 1.807) is 18.2 Å². The Morgan fingerprint density at radius 1 is 1.21 bits per heavy atom. The van der Waals surface area contributed by atoms with Gasteiger partial charge in [-0.15, -0.1) is 0 Å². The Hall–Kier alpha value is -1.66. The summed E-state index contributed by atoms with van der Waals surface area (Å²) in [5.41, 5.74) is 1.63. The van der Waals surface area contributed by atoms with Crippen molar-refractivity contribution in [1.82, 2.24) is 4.98 Å². The third-order valence-corrected chi connectivity index (χ3v) is 7.12. The van der Waals surface area contributed by atoms with E-state index in [9.17, 15) is 13.2 Å². The van der Waals surface area contributed by atoms with Crippen LogP contribution >= 0.6 is 11.6 Å². The van der Waals surface area contributed by atoms with E-state index in [2.05, 4.69) is 10.3 Å². The molecule has 0 saturated heterocycles. The van der Waals surface area contributed by atoms with Gasteiger partial charge < -0.3 is 5.32 Å². The van der Waals surface area contributed by atoms with Crippen LogP contribution in [0.4, 0.5) is 5.82 Å². The summed E-state index contributed by atoms with van der Waals surface area (Å²) >= 11 is 6.17. The summed E-state index contributed by atoms with van der Waals surface area (Å²) in [5, 5.41) is 4.08. The fraction of sp³-hybridized carbons (Fsp3) is 0.412. The van der Waals surface area contributed by atoms with E-state index in [1.165, 1.54) is 0 Å². The zero-order chi connectivity index (χ0) is 17.5. The molecule has 1 aromatic carbocycles. The van der Waals surface area contributed by atoms with Gasteiger partial charge in [-0.1, -0.05) is 30.5 Å². The summed E-state index contributed by atoms with van der Waals surface area (Å²) in [6.45, 7) is 1.91. The van der Waals surface area contributed by atoms with Crippen molar-refractivity contribution in [3.05, 3.63) is 34.9 Å². The monoisotopic (exact) mass is 366 g/mol. The minimum Gasteiger partial charge on any atom is -0.309 e. The zero-order valence-electron chi connectivity index (χ0n) is 13.6. The lowest BCUT2D eigenvalue weighted by atomic mass is 10.1. The Morgan fingerprint density at radius 3 is 2.50 bits per heavy atom. The number of amides is 1. The Morgan fingerprint density at radius 2 is 1.88 bits per heavy atom. The van der Waals surface area contributed by atoms with Gasteiger partial charge in [0.15, 0.2) is 14.6 Å². The average molecular weight is 367 g/mol. The molecule has 3 rings (SSSR count). The summed E-state index contributed by atoms with van der Waals surface area (Å²) in [6, 6.07) is 7.10. The van der Waals surface area contributed by atoms with Gasteiger partial charge in [-0.2, -0.15) is 0 Å². The second-order valence-electron chi connectivity index (χ2n) is 6.38. The molecule has 0 atom stereocenters. The molecule has 24 heavy (non-hydrogen) atoms. The quantitative estimate of drug-likeness (QED) is 0.902. The normalized spacial score (nSPS) is 17.1. The molecule has 1 amide bonds. The highest BCUT2D eigenvalue weighted by Gasteiger charge is 2.50.